The number of methoxy groups -OCH3 is 1. The van der Waals surface area contributed by atoms with E-state index in [9.17, 15) is 0 Å². The van der Waals surface area contributed by atoms with Crippen LogP contribution in [0.5, 0.6) is 23.0 Å². The molecule has 124 valence electrons. The average molecular weight is 324 g/mol. The monoisotopic (exact) mass is 324 g/mol. The molecule has 0 aromatic heterocycles. The van der Waals surface area contributed by atoms with E-state index in [-0.39, 0.29) is 18.8 Å². The number of hydrogen-bond donors (Lipinski definition) is 0. The maximum atomic E-state index is 6.27. The molecule has 0 spiro atoms. The molecule has 2 aromatic rings. The number of rotatable bonds is 3. The Kier molecular flexibility index (Phi) is 3.60. The van der Waals surface area contributed by atoms with Crippen LogP contribution in [0.25, 0.3) is 6.08 Å². The summed E-state index contributed by atoms with van der Waals surface area (Å²) >= 11 is 0. The summed E-state index contributed by atoms with van der Waals surface area (Å²) in [4.78, 5) is 0. The van der Waals surface area contributed by atoms with Gasteiger partial charge in [-0.1, -0.05) is 25.1 Å². The molecule has 4 rings (SSSR count). The first-order valence-electron chi connectivity index (χ1n) is 8.12. The largest absolute Gasteiger partial charge is 0.493 e. The van der Waals surface area contributed by atoms with E-state index in [0.29, 0.717) is 0 Å². The van der Waals surface area contributed by atoms with Crippen molar-refractivity contribution in [3.63, 3.8) is 0 Å². The molecule has 2 atom stereocenters. The third kappa shape index (κ3) is 2.30. The number of benzene rings is 2. The van der Waals surface area contributed by atoms with E-state index in [1.807, 2.05) is 37.3 Å². The van der Waals surface area contributed by atoms with Gasteiger partial charge < -0.3 is 18.9 Å². The molecule has 0 radical (unpaired) electrons. The smallest absolute Gasteiger partial charge is 0.231 e. The van der Waals surface area contributed by atoms with Crippen molar-refractivity contribution in [3.8, 4) is 23.0 Å². The zero-order valence-electron chi connectivity index (χ0n) is 14.0. The maximum absolute atomic E-state index is 6.27. The van der Waals surface area contributed by atoms with E-state index in [1.54, 1.807) is 7.11 Å². The van der Waals surface area contributed by atoms with Gasteiger partial charge in [-0.05, 0) is 42.3 Å². The first-order chi connectivity index (χ1) is 11.7. The van der Waals surface area contributed by atoms with Crippen LogP contribution < -0.4 is 18.9 Å². The van der Waals surface area contributed by atoms with E-state index in [4.69, 9.17) is 18.9 Å². The van der Waals surface area contributed by atoms with E-state index in [1.165, 1.54) is 5.56 Å². The van der Waals surface area contributed by atoms with E-state index >= 15 is 0 Å². The standard InChI is InChI=1S/C20H20O4/c1-4-5-13-8-15-12(2)19(24-20(15)18(9-13)21-3)14-6-7-16-17(10-14)23-11-22-16/h4-10,12,19H,11H2,1-3H3/b5-4+/t12-,19+/m0/s1. The SMILES string of the molecule is C/C=C/c1cc(OC)c2c(c1)[C@H](C)[C@H](c1ccc3c(c1)OCO3)O2. The molecular formula is C20H20O4. The maximum Gasteiger partial charge on any atom is 0.231 e. The van der Waals surface area contributed by atoms with Crippen LogP contribution in [0.15, 0.2) is 36.4 Å². The van der Waals surface area contributed by atoms with Gasteiger partial charge in [-0.15, -0.1) is 0 Å². The molecule has 4 nitrogen and oxygen atoms in total. The quantitative estimate of drug-likeness (QED) is 0.820. The second-order valence-electron chi connectivity index (χ2n) is 6.08. The third-order valence-electron chi connectivity index (χ3n) is 4.60. The number of fused-ring (bicyclic) bond motifs is 2. The Morgan fingerprint density at radius 1 is 1.12 bits per heavy atom. The Labute approximate surface area is 141 Å². The summed E-state index contributed by atoms with van der Waals surface area (Å²) in [5.41, 5.74) is 3.37. The van der Waals surface area contributed by atoms with Crippen molar-refractivity contribution in [3.05, 3.63) is 53.1 Å². The lowest BCUT2D eigenvalue weighted by Crippen LogP contribution is -2.07. The van der Waals surface area contributed by atoms with Crippen LogP contribution in [0.2, 0.25) is 0 Å². The highest BCUT2D eigenvalue weighted by Gasteiger charge is 2.35. The highest BCUT2D eigenvalue weighted by Crippen LogP contribution is 2.51. The van der Waals surface area contributed by atoms with Crippen LogP contribution in [0, 0.1) is 0 Å². The fraction of sp³-hybridized carbons (Fsp3) is 0.300. The molecule has 2 aliphatic heterocycles. The molecule has 0 N–H and O–H groups in total. The zero-order chi connectivity index (χ0) is 16.7. The fourth-order valence-corrected chi connectivity index (χ4v) is 3.39. The normalized spacial score (nSPS) is 21.0. The van der Waals surface area contributed by atoms with Crippen LogP contribution in [0.3, 0.4) is 0 Å². The second kappa shape index (κ2) is 5.78. The van der Waals surface area contributed by atoms with Crippen LogP contribution >= 0.6 is 0 Å². The van der Waals surface area contributed by atoms with Gasteiger partial charge in [0.2, 0.25) is 6.79 Å². The molecular weight excluding hydrogens is 304 g/mol. The Morgan fingerprint density at radius 3 is 2.75 bits per heavy atom. The van der Waals surface area contributed by atoms with Gasteiger partial charge in [0.1, 0.15) is 6.10 Å². The summed E-state index contributed by atoms with van der Waals surface area (Å²) in [7, 11) is 1.68. The predicted octanol–water partition coefficient (Wildman–Crippen LogP) is 4.69. The lowest BCUT2D eigenvalue weighted by molar-refractivity contribution is 0.173. The van der Waals surface area contributed by atoms with Gasteiger partial charge in [-0.3, -0.25) is 0 Å². The summed E-state index contributed by atoms with van der Waals surface area (Å²) < 4.78 is 22.7. The molecule has 2 aliphatic rings. The van der Waals surface area contributed by atoms with Crippen LogP contribution in [-0.2, 0) is 0 Å². The average Bonchev–Trinajstić information content (AvgIpc) is 3.19. The van der Waals surface area contributed by atoms with Gasteiger partial charge in [0.05, 0.1) is 7.11 Å². The molecule has 0 bridgehead atoms. The number of allylic oxidation sites excluding steroid dienone is 1. The highest BCUT2D eigenvalue weighted by atomic mass is 16.7. The van der Waals surface area contributed by atoms with Crippen molar-refractivity contribution in [2.75, 3.05) is 13.9 Å². The fourth-order valence-electron chi connectivity index (χ4n) is 3.39. The first-order valence-corrected chi connectivity index (χ1v) is 8.12. The summed E-state index contributed by atoms with van der Waals surface area (Å²) in [6.07, 6.45) is 4.03. The molecule has 0 unspecified atom stereocenters. The molecule has 0 saturated carbocycles. The summed E-state index contributed by atoms with van der Waals surface area (Å²) in [5.74, 6) is 3.40. The Bertz CT molecular complexity index is 810. The van der Waals surface area contributed by atoms with Crippen molar-refractivity contribution in [2.45, 2.75) is 25.9 Å². The van der Waals surface area contributed by atoms with Gasteiger partial charge in [0.25, 0.3) is 0 Å². The van der Waals surface area contributed by atoms with Crippen LogP contribution in [-0.4, -0.2) is 13.9 Å². The lowest BCUT2D eigenvalue weighted by Gasteiger charge is -2.16. The minimum Gasteiger partial charge on any atom is -0.493 e. The minimum absolute atomic E-state index is 0.0655. The Morgan fingerprint density at radius 2 is 1.96 bits per heavy atom. The molecule has 24 heavy (non-hydrogen) atoms. The molecule has 0 aliphatic carbocycles. The molecule has 2 aromatic carbocycles. The van der Waals surface area contributed by atoms with Crippen molar-refractivity contribution in [1.82, 2.24) is 0 Å². The van der Waals surface area contributed by atoms with Crippen LogP contribution in [0.1, 0.15) is 42.6 Å². The van der Waals surface area contributed by atoms with Crippen molar-refractivity contribution in [1.29, 1.82) is 0 Å². The lowest BCUT2D eigenvalue weighted by atomic mass is 9.91. The van der Waals surface area contributed by atoms with E-state index < -0.39 is 0 Å². The minimum atomic E-state index is -0.0655. The van der Waals surface area contributed by atoms with Gasteiger partial charge in [0, 0.05) is 11.5 Å². The van der Waals surface area contributed by atoms with Crippen LogP contribution in [0.4, 0.5) is 0 Å². The molecule has 0 fully saturated rings. The van der Waals surface area contributed by atoms with Gasteiger partial charge in [0.15, 0.2) is 23.0 Å². The zero-order valence-corrected chi connectivity index (χ0v) is 14.0. The predicted molar refractivity (Wildman–Crippen MR) is 92.1 cm³/mol. The highest BCUT2D eigenvalue weighted by molar-refractivity contribution is 5.62. The topological polar surface area (TPSA) is 36.9 Å². The molecule has 4 heteroatoms. The molecule has 2 heterocycles. The summed E-state index contributed by atoms with van der Waals surface area (Å²) in [6, 6.07) is 10.2. The number of hydrogen-bond acceptors (Lipinski definition) is 4. The van der Waals surface area contributed by atoms with E-state index in [2.05, 4.69) is 19.1 Å². The second-order valence-corrected chi connectivity index (χ2v) is 6.08. The van der Waals surface area contributed by atoms with Crippen molar-refractivity contribution >= 4 is 6.08 Å². The molecule has 0 saturated heterocycles. The number of ether oxygens (including phenoxy) is 4. The third-order valence-corrected chi connectivity index (χ3v) is 4.60. The van der Waals surface area contributed by atoms with Gasteiger partial charge >= 0.3 is 0 Å². The van der Waals surface area contributed by atoms with Gasteiger partial charge in [-0.2, -0.15) is 0 Å². The van der Waals surface area contributed by atoms with Crippen molar-refractivity contribution < 1.29 is 18.9 Å². The van der Waals surface area contributed by atoms with Crippen molar-refractivity contribution in [2.24, 2.45) is 0 Å². The van der Waals surface area contributed by atoms with Gasteiger partial charge in [-0.25, -0.2) is 0 Å². The molecule has 0 amide bonds. The summed E-state index contributed by atoms with van der Waals surface area (Å²) in [5, 5.41) is 0. The first kappa shape index (κ1) is 14.9. The Balaban J connectivity index is 1.73. The summed E-state index contributed by atoms with van der Waals surface area (Å²) in [6.45, 7) is 4.47. The van der Waals surface area contributed by atoms with E-state index in [0.717, 1.165) is 34.1 Å². The Hall–Kier alpha value is -2.62.